The van der Waals surface area contributed by atoms with E-state index in [4.69, 9.17) is 0 Å². The second kappa shape index (κ2) is 4.49. The molecule has 0 saturated carbocycles. The molecule has 15 heavy (non-hydrogen) atoms. The molecule has 0 aromatic heterocycles. The van der Waals surface area contributed by atoms with Gasteiger partial charge in [0.05, 0.1) is 4.47 Å². The second-order valence-electron chi connectivity index (χ2n) is 3.97. The van der Waals surface area contributed by atoms with Crippen LogP contribution in [-0.4, -0.2) is 18.2 Å². The lowest BCUT2D eigenvalue weighted by Crippen LogP contribution is -2.10. The van der Waals surface area contributed by atoms with Crippen molar-refractivity contribution in [2.75, 3.05) is 13.1 Å². The Morgan fingerprint density at radius 2 is 2.33 bits per heavy atom. The monoisotopic (exact) mass is 273 g/mol. The van der Waals surface area contributed by atoms with Crippen LogP contribution in [0.4, 0.5) is 4.39 Å². The van der Waals surface area contributed by atoms with Crippen molar-refractivity contribution in [3.8, 4) is 5.75 Å². The average Bonchev–Trinajstić information content (AvgIpc) is 2.66. The second-order valence-corrected chi connectivity index (χ2v) is 4.77. The van der Waals surface area contributed by atoms with Gasteiger partial charge in [0.1, 0.15) is 11.6 Å². The first-order chi connectivity index (χ1) is 7.16. The van der Waals surface area contributed by atoms with Crippen molar-refractivity contribution in [2.24, 2.45) is 5.92 Å². The van der Waals surface area contributed by atoms with E-state index >= 15 is 0 Å². The van der Waals surface area contributed by atoms with Crippen molar-refractivity contribution in [1.82, 2.24) is 5.32 Å². The third-order valence-electron chi connectivity index (χ3n) is 2.76. The predicted octanol–water partition coefficient (Wildman–Crippen LogP) is 2.45. The maximum atomic E-state index is 13.3. The summed E-state index contributed by atoms with van der Waals surface area (Å²) in [5.41, 5.74) is 0.863. The van der Waals surface area contributed by atoms with Gasteiger partial charge in [0, 0.05) is 0 Å². The summed E-state index contributed by atoms with van der Waals surface area (Å²) in [6.07, 6.45) is 1.95. The number of halogens is 2. The van der Waals surface area contributed by atoms with Gasteiger partial charge in [-0.2, -0.15) is 0 Å². The lowest BCUT2D eigenvalue weighted by atomic mass is 9.98. The summed E-state index contributed by atoms with van der Waals surface area (Å²) in [6.45, 7) is 2.02. The molecule has 82 valence electrons. The highest BCUT2D eigenvalue weighted by molar-refractivity contribution is 9.10. The van der Waals surface area contributed by atoms with Crippen LogP contribution in [-0.2, 0) is 6.42 Å². The Morgan fingerprint density at radius 1 is 1.53 bits per heavy atom. The standard InChI is InChI=1S/C11H13BrFNO/c12-11-9(13)4-8(5-10(11)15)3-7-1-2-14-6-7/h4-5,7,14-15H,1-3,6H2. The Bertz CT molecular complexity index is 341. The topological polar surface area (TPSA) is 32.3 Å². The maximum Gasteiger partial charge on any atom is 0.141 e. The van der Waals surface area contributed by atoms with E-state index in [0.717, 1.165) is 31.5 Å². The van der Waals surface area contributed by atoms with Gasteiger partial charge in [0.25, 0.3) is 0 Å². The van der Waals surface area contributed by atoms with Gasteiger partial charge in [-0.25, -0.2) is 4.39 Å². The zero-order chi connectivity index (χ0) is 10.8. The van der Waals surface area contributed by atoms with Gasteiger partial charge in [0.15, 0.2) is 0 Å². The van der Waals surface area contributed by atoms with Gasteiger partial charge in [0.2, 0.25) is 0 Å². The molecule has 2 N–H and O–H groups in total. The Balaban J connectivity index is 2.14. The van der Waals surface area contributed by atoms with Gasteiger partial charge in [-0.15, -0.1) is 0 Å². The minimum Gasteiger partial charge on any atom is -0.507 e. The van der Waals surface area contributed by atoms with E-state index in [-0.39, 0.29) is 10.2 Å². The highest BCUT2D eigenvalue weighted by Gasteiger charge is 2.16. The number of phenolic OH excluding ortho intramolecular Hbond substituents is 1. The van der Waals surface area contributed by atoms with E-state index in [1.165, 1.54) is 6.07 Å². The Labute approximate surface area is 96.6 Å². The van der Waals surface area contributed by atoms with E-state index < -0.39 is 5.82 Å². The molecule has 1 saturated heterocycles. The summed E-state index contributed by atoms with van der Waals surface area (Å²) < 4.78 is 13.4. The Morgan fingerprint density at radius 3 is 2.93 bits per heavy atom. The molecule has 0 radical (unpaired) electrons. The van der Waals surface area contributed by atoms with Crippen LogP contribution in [0.15, 0.2) is 16.6 Å². The molecular formula is C11H13BrFNO. The largest absolute Gasteiger partial charge is 0.507 e. The fraction of sp³-hybridized carbons (Fsp3) is 0.455. The molecule has 1 atom stereocenters. The molecule has 0 aliphatic carbocycles. The van der Waals surface area contributed by atoms with Crippen molar-refractivity contribution in [1.29, 1.82) is 0 Å². The first-order valence-corrected chi connectivity index (χ1v) is 5.83. The van der Waals surface area contributed by atoms with Crippen LogP contribution in [0.25, 0.3) is 0 Å². The summed E-state index contributed by atoms with van der Waals surface area (Å²) in [5, 5.41) is 12.7. The minimum absolute atomic E-state index is 0.0176. The van der Waals surface area contributed by atoms with Crippen LogP contribution < -0.4 is 5.32 Å². The Hall–Kier alpha value is -0.610. The molecule has 1 heterocycles. The van der Waals surface area contributed by atoms with Gasteiger partial charge >= 0.3 is 0 Å². The molecule has 1 fully saturated rings. The van der Waals surface area contributed by atoms with Crippen LogP contribution in [0.5, 0.6) is 5.75 Å². The fourth-order valence-electron chi connectivity index (χ4n) is 1.97. The summed E-state index contributed by atoms with van der Waals surface area (Å²) in [6, 6.07) is 3.12. The molecular weight excluding hydrogens is 261 g/mol. The quantitative estimate of drug-likeness (QED) is 0.868. The van der Waals surface area contributed by atoms with E-state index in [9.17, 15) is 9.50 Å². The van der Waals surface area contributed by atoms with Gasteiger partial charge in [-0.05, 0) is 65.5 Å². The van der Waals surface area contributed by atoms with Gasteiger partial charge < -0.3 is 10.4 Å². The van der Waals surface area contributed by atoms with Crippen molar-refractivity contribution in [3.63, 3.8) is 0 Å². The highest BCUT2D eigenvalue weighted by Crippen LogP contribution is 2.29. The third kappa shape index (κ3) is 2.49. The summed E-state index contributed by atoms with van der Waals surface area (Å²) in [4.78, 5) is 0. The normalized spacial score (nSPS) is 20.8. The minimum atomic E-state index is -0.393. The zero-order valence-corrected chi connectivity index (χ0v) is 9.85. The van der Waals surface area contributed by atoms with Gasteiger partial charge in [-0.3, -0.25) is 0 Å². The van der Waals surface area contributed by atoms with Crippen molar-refractivity contribution < 1.29 is 9.50 Å². The molecule has 2 rings (SSSR count). The zero-order valence-electron chi connectivity index (χ0n) is 8.26. The number of aromatic hydroxyl groups is 1. The summed E-state index contributed by atoms with van der Waals surface area (Å²) >= 11 is 2.99. The number of hydrogen-bond donors (Lipinski definition) is 2. The molecule has 1 aliphatic rings. The van der Waals surface area contributed by atoms with Crippen molar-refractivity contribution >= 4 is 15.9 Å². The van der Waals surface area contributed by atoms with E-state index in [1.54, 1.807) is 6.07 Å². The maximum absolute atomic E-state index is 13.3. The summed E-state index contributed by atoms with van der Waals surface area (Å²) in [7, 11) is 0. The molecule has 1 aliphatic heterocycles. The first kappa shape index (κ1) is 10.9. The number of nitrogens with one attached hydrogen (secondary N) is 1. The third-order valence-corrected chi connectivity index (χ3v) is 3.54. The lowest BCUT2D eigenvalue weighted by Gasteiger charge is -2.09. The SMILES string of the molecule is Oc1cc(CC2CCNC2)cc(F)c1Br. The molecule has 0 amide bonds. The highest BCUT2D eigenvalue weighted by atomic mass is 79.9. The Kier molecular flexibility index (Phi) is 3.26. The lowest BCUT2D eigenvalue weighted by molar-refractivity contribution is 0.461. The summed E-state index contributed by atoms with van der Waals surface area (Å²) in [5.74, 6) is 0.150. The average molecular weight is 274 g/mol. The van der Waals surface area contributed by atoms with Crippen molar-refractivity contribution in [3.05, 3.63) is 28.0 Å². The predicted molar refractivity (Wildman–Crippen MR) is 60.4 cm³/mol. The smallest absolute Gasteiger partial charge is 0.141 e. The number of hydrogen-bond acceptors (Lipinski definition) is 2. The first-order valence-electron chi connectivity index (χ1n) is 5.04. The fourth-order valence-corrected chi connectivity index (χ4v) is 2.20. The van der Waals surface area contributed by atoms with E-state index in [1.807, 2.05) is 0 Å². The van der Waals surface area contributed by atoms with E-state index in [2.05, 4.69) is 21.2 Å². The van der Waals surface area contributed by atoms with Crippen LogP contribution >= 0.6 is 15.9 Å². The molecule has 1 unspecified atom stereocenters. The van der Waals surface area contributed by atoms with Crippen LogP contribution in [0.3, 0.4) is 0 Å². The number of benzene rings is 1. The number of phenols is 1. The van der Waals surface area contributed by atoms with Crippen LogP contribution in [0, 0.1) is 11.7 Å². The molecule has 0 bridgehead atoms. The molecule has 2 nitrogen and oxygen atoms in total. The molecule has 0 spiro atoms. The van der Waals surface area contributed by atoms with Crippen LogP contribution in [0.2, 0.25) is 0 Å². The molecule has 4 heteroatoms. The molecule has 1 aromatic carbocycles. The number of rotatable bonds is 2. The van der Waals surface area contributed by atoms with Gasteiger partial charge in [-0.1, -0.05) is 0 Å². The molecule has 1 aromatic rings. The van der Waals surface area contributed by atoms with E-state index in [0.29, 0.717) is 5.92 Å². The van der Waals surface area contributed by atoms with Crippen LogP contribution in [0.1, 0.15) is 12.0 Å². The van der Waals surface area contributed by atoms with Crippen molar-refractivity contribution in [2.45, 2.75) is 12.8 Å².